The van der Waals surface area contributed by atoms with Crippen molar-refractivity contribution in [1.82, 2.24) is 4.31 Å². The smallest absolute Gasteiger partial charge is 0.248 e. The van der Waals surface area contributed by atoms with Gasteiger partial charge in [0.25, 0.3) is 0 Å². The zero-order chi connectivity index (χ0) is 14.6. The van der Waals surface area contributed by atoms with Gasteiger partial charge in [0.2, 0.25) is 15.9 Å². The SMILES string of the molecule is CN(CC(O)CO)S(=O)(=O)c1cccc(C(N)=O)c1. The molecule has 19 heavy (non-hydrogen) atoms. The molecule has 1 aromatic rings. The second-order valence-corrected chi connectivity index (χ2v) is 6.06. The molecule has 1 aromatic carbocycles. The van der Waals surface area contributed by atoms with E-state index in [0.717, 1.165) is 4.31 Å². The average molecular weight is 288 g/mol. The third-order valence-corrected chi connectivity index (χ3v) is 4.32. The molecule has 8 heteroatoms. The number of carbonyl (C=O) groups is 1. The highest BCUT2D eigenvalue weighted by atomic mass is 32.2. The van der Waals surface area contributed by atoms with E-state index in [1.54, 1.807) is 0 Å². The molecule has 4 N–H and O–H groups in total. The molecule has 0 radical (unpaired) electrons. The van der Waals surface area contributed by atoms with Crippen molar-refractivity contribution >= 4 is 15.9 Å². The van der Waals surface area contributed by atoms with Crippen molar-refractivity contribution in [1.29, 1.82) is 0 Å². The number of aliphatic hydroxyl groups excluding tert-OH is 2. The van der Waals surface area contributed by atoms with Crippen LogP contribution in [-0.4, -0.2) is 55.1 Å². The molecule has 0 saturated heterocycles. The van der Waals surface area contributed by atoms with Gasteiger partial charge in [-0.05, 0) is 18.2 Å². The Balaban J connectivity index is 3.06. The van der Waals surface area contributed by atoms with Crippen molar-refractivity contribution in [2.45, 2.75) is 11.0 Å². The molecule has 0 aliphatic heterocycles. The van der Waals surface area contributed by atoms with E-state index in [0.29, 0.717) is 0 Å². The molecule has 0 fully saturated rings. The van der Waals surface area contributed by atoms with Gasteiger partial charge in [0.15, 0.2) is 0 Å². The molecule has 0 heterocycles. The summed E-state index contributed by atoms with van der Waals surface area (Å²) in [4.78, 5) is 10.9. The van der Waals surface area contributed by atoms with Crippen molar-refractivity contribution < 1.29 is 23.4 Å². The fraction of sp³-hybridized carbons (Fsp3) is 0.364. The number of benzene rings is 1. The fourth-order valence-electron chi connectivity index (χ4n) is 1.44. The van der Waals surface area contributed by atoms with Crippen LogP contribution in [-0.2, 0) is 10.0 Å². The molecule has 1 atom stereocenters. The zero-order valence-corrected chi connectivity index (χ0v) is 11.2. The molecule has 0 bridgehead atoms. The fourth-order valence-corrected chi connectivity index (χ4v) is 2.70. The van der Waals surface area contributed by atoms with Gasteiger partial charge in [0.1, 0.15) is 0 Å². The van der Waals surface area contributed by atoms with Crippen LogP contribution < -0.4 is 5.73 Å². The van der Waals surface area contributed by atoms with E-state index >= 15 is 0 Å². The lowest BCUT2D eigenvalue weighted by atomic mass is 10.2. The first-order chi connectivity index (χ1) is 8.78. The summed E-state index contributed by atoms with van der Waals surface area (Å²) in [5, 5.41) is 18.0. The van der Waals surface area contributed by atoms with Gasteiger partial charge in [-0.15, -0.1) is 0 Å². The van der Waals surface area contributed by atoms with Crippen molar-refractivity contribution in [2.24, 2.45) is 5.73 Å². The Morgan fingerprint density at radius 1 is 1.47 bits per heavy atom. The van der Waals surface area contributed by atoms with E-state index in [2.05, 4.69) is 0 Å². The Labute approximate surface area is 111 Å². The Bertz CT molecular complexity index is 558. The van der Waals surface area contributed by atoms with E-state index in [1.165, 1.54) is 31.3 Å². The molecule has 0 saturated carbocycles. The van der Waals surface area contributed by atoms with Crippen molar-refractivity contribution in [3.63, 3.8) is 0 Å². The first-order valence-corrected chi connectivity index (χ1v) is 6.88. The summed E-state index contributed by atoms with van der Waals surface area (Å²) < 4.78 is 25.2. The number of sulfonamides is 1. The lowest BCUT2D eigenvalue weighted by Crippen LogP contribution is -2.36. The molecule has 1 rings (SSSR count). The first-order valence-electron chi connectivity index (χ1n) is 5.44. The minimum atomic E-state index is -3.85. The predicted molar refractivity (Wildman–Crippen MR) is 67.9 cm³/mol. The van der Waals surface area contributed by atoms with Crippen LogP contribution >= 0.6 is 0 Å². The van der Waals surface area contributed by atoms with Crippen LogP contribution in [0.15, 0.2) is 29.2 Å². The summed E-state index contributed by atoms with van der Waals surface area (Å²) in [6, 6.07) is 5.30. The first kappa shape index (κ1) is 15.6. The van der Waals surface area contributed by atoms with Crippen LogP contribution in [0.5, 0.6) is 0 Å². The normalized spacial score (nSPS) is 13.5. The lowest BCUT2D eigenvalue weighted by Gasteiger charge is -2.19. The Hall–Kier alpha value is -1.48. The number of nitrogens with two attached hydrogens (primary N) is 1. The second kappa shape index (κ2) is 6.11. The van der Waals surface area contributed by atoms with Crippen LogP contribution in [0.4, 0.5) is 0 Å². The third kappa shape index (κ3) is 3.74. The van der Waals surface area contributed by atoms with E-state index < -0.39 is 28.6 Å². The zero-order valence-electron chi connectivity index (χ0n) is 10.4. The van der Waals surface area contributed by atoms with Gasteiger partial charge in [-0.3, -0.25) is 4.79 Å². The topological polar surface area (TPSA) is 121 Å². The van der Waals surface area contributed by atoms with Gasteiger partial charge in [-0.25, -0.2) is 8.42 Å². The van der Waals surface area contributed by atoms with Crippen molar-refractivity contribution in [2.75, 3.05) is 20.2 Å². The molecule has 0 aliphatic rings. The number of hydrogen-bond donors (Lipinski definition) is 3. The third-order valence-electron chi connectivity index (χ3n) is 2.51. The maximum Gasteiger partial charge on any atom is 0.248 e. The van der Waals surface area contributed by atoms with E-state index in [4.69, 9.17) is 10.8 Å². The van der Waals surface area contributed by atoms with Crippen molar-refractivity contribution in [3.05, 3.63) is 29.8 Å². The van der Waals surface area contributed by atoms with Gasteiger partial charge in [-0.1, -0.05) is 6.07 Å². The Morgan fingerprint density at radius 2 is 2.11 bits per heavy atom. The maximum absolute atomic E-state index is 12.1. The maximum atomic E-state index is 12.1. The largest absolute Gasteiger partial charge is 0.394 e. The summed E-state index contributed by atoms with van der Waals surface area (Å²) in [5.74, 6) is -0.727. The van der Waals surface area contributed by atoms with Crippen LogP contribution in [0.1, 0.15) is 10.4 Å². The van der Waals surface area contributed by atoms with Crippen LogP contribution in [0.2, 0.25) is 0 Å². The number of amides is 1. The van der Waals surface area contributed by atoms with Gasteiger partial charge in [0.05, 0.1) is 17.6 Å². The molecule has 1 unspecified atom stereocenters. The number of primary amides is 1. The highest BCUT2D eigenvalue weighted by Crippen LogP contribution is 2.16. The summed E-state index contributed by atoms with van der Waals surface area (Å²) >= 11 is 0. The minimum absolute atomic E-state index is 0.0807. The van der Waals surface area contributed by atoms with E-state index in [1.807, 2.05) is 0 Å². The van der Waals surface area contributed by atoms with Crippen LogP contribution in [0.25, 0.3) is 0 Å². The number of rotatable bonds is 6. The summed E-state index contributed by atoms with van der Waals surface area (Å²) in [7, 11) is -2.58. The quantitative estimate of drug-likeness (QED) is 0.604. The molecular formula is C11H16N2O5S. The van der Waals surface area contributed by atoms with Gasteiger partial charge in [-0.2, -0.15) is 4.31 Å². The molecule has 0 aromatic heterocycles. The predicted octanol–water partition coefficient (Wildman–Crippen LogP) is -1.24. The molecule has 1 amide bonds. The van der Waals surface area contributed by atoms with Gasteiger partial charge < -0.3 is 15.9 Å². The number of nitrogens with zero attached hydrogens (tertiary/aromatic N) is 1. The minimum Gasteiger partial charge on any atom is -0.394 e. The average Bonchev–Trinajstić information content (AvgIpc) is 2.38. The van der Waals surface area contributed by atoms with Crippen LogP contribution in [0, 0.1) is 0 Å². The van der Waals surface area contributed by atoms with Gasteiger partial charge in [0, 0.05) is 19.2 Å². The number of aliphatic hydroxyl groups is 2. The summed E-state index contributed by atoms with van der Waals surface area (Å²) in [6.07, 6.45) is -1.17. The molecule has 7 nitrogen and oxygen atoms in total. The monoisotopic (exact) mass is 288 g/mol. The molecule has 0 spiro atoms. The Kier molecular flexibility index (Phi) is 5.01. The van der Waals surface area contributed by atoms with E-state index in [9.17, 15) is 18.3 Å². The van der Waals surface area contributed by atoms with Crippen LogP contribution in [0.3, 0.4) is 0 Å². The van der Waals surface area contributed by atoms with Gasteiger partial charge >= 0.3 is 0 Å². The number of likely N-dealkylation sites (N-methyl/N-ethyl adjacent to an activating group) is 1. The second-order valence-electron chi connectivity index (χ2n) is 4.01. The number of hydrogen-bond acceptors (Lipinski definition) is 5. The lowest BCUT2D eigenvalue weighted by molar-refractivity contribution is 0.0826. The molecule has 106 valence electrons. The van der Waals surface area contributed by atoms with E-state index in [-0.39, 0.29) is 17.0 Å². The highest BCUT2D eigenvalue weighted by Gasteiger charge is 2.23. The highest BCUT2D eigenvalue weighted by molar-refractivity contribution is 7.89. The standard InChI is InChI=1S/C11H16N2O5S/c1-13(6-9(15)7-14)19(17,18)10-4-2-3-8(5-10)11(12)16/h2-5,9,14-15H,6-7H2,1H3,(H2,12,16). The Morgan fingerprint density at radius 3 is 2.63 bits per heavy atom. The van der Waals surface area contributed by atoms with Crippen molar-refractivity contribution in [3.8, 4) is 0 Å². The number of carbonyl (C=O) groups excluding carboxylic acids is 1. The molecule has 0 aliphatic carbocycles. The molecular weight excluding hydrogens is 272 g/mol. The summed E-state index contributed by atoms with van der Waals surface area (Å²) in [5.41, 5.74) is 5.16. The summed E-state index contributed by atoms with van der Waals surface area (Å²) in [6.45, 7) is -0.791.